The summed E-state index contributed by atoms with van der Waals surface area (Å²) in [6.45, 7) is 4.09. The number of rotatable bonds is 7. The summed E-state index contributed by atoms with van der Waals surface area (Å²) < 4.78 is 1.29. The largest absolute Gasteiger partial charge is 0.347 e. The van der Waals surface area contributed by atoms with Crippen LogP contribution in [0, 0.1) is 5.92 Å². The molecule has 0 unspecified atom stereocenters. The molecule has 1 aromatic heterocycles. The van der Waals surface area contributed by atoms with Gasteiger partial charge in [-0.05, 0) is 17.9 Å². The van der Waals surface area contributed by atoms with E-state index in [0.717, 1.165) is 5.56 Å². The highest BCUT2D eigenvalue weighted by Crippen LogP contribution is 2.21. The summed E-state index contributed by atoms with van der Waals surface area (Å²) in [7, 11) is 3.26. The molecule has 0 aliphatic rings. The van der Waals surface area contributed by atoms with Gasteiger partial charge in [0, 0.05) is 14.1 Å². The normalized spacial score (nSPS) is 11.8. The second-order valence-corrected chi connectivity index (χ2v) is 7.07. The monoisotopic (exact) mass is 386 g/mol. The molecule has 0 fully saturated rings. The Morgan fingerprint density at radius 3 is 2.39 bits per heavy atom. The number of hydrogen-bond acceptors (Lipinski definition) is 5. The van der Waals surface area contributed by atoms with Crippen LogP contribution in [0.1, 0.15) is 31.9 Å². The van der Waals surface area contributed by atoms with Crippen LogP contribution in [-0.2, 0) is 20.9 Å². The topological polar surface area (TPSA) is 109 Å². The third-order valence-corrected chi connectivity index (χ3v) is 3.98. The minimum Gasteiger partial charge on any atom is -0.347 e. The highest BCUT2D eigenvalue weighted by atomic mass is 16.2. The smallest absolute Gasteiger partial charge is 0.316 e. The van der Waals surface area contributed by atoms with E-state index in [1.807, 2.05) is 44.2 Å². The van der Waals surface area contributed by atoms with Gasteiger partial charge in [0.2, 0.25) is 11.9 Å². The molecule has 150 valence electrons. The van der Waals surface area contributed by atoms with Gasteiger partial charge in [-0.3, -0.25) is 19.7 Å². The van der Waals surface area contributed by atoms with Gasteiger partial charge in [0.05, 0.1) is 6.04 Å². The molecule has 1 aromatic carbocycles. The van der Waals surface area contributed by atoms with E-state index in [1.54, 1.807) is 14.1 Å². The van der Waals surface area contributed by atoms with Crippen molar-refractivity contribution in [3.63, 3.8) is 0 Å². The van der Waals surface area contributed by atoms with Gasteiger partial charge in [-0.2, -0.15) is 0 Å². The number of amides is 3. The molecule has 0 radical (unpaired) electrons. The highest BCUT2D eigenvalue weighted by molar-refractivity contribution is 6.39. The van der Waals surface area contributed by atoms with Crippen molar-refractivity contribution in [3.8, 4) is 0 Å². The van der Waals surface area contributed by atoms with E-state index in [-0.39, 0.29) is 24.4 Å². The van der Waals surface area contributed by atoms with Crippen LogP contribution in [-0.4, -0.2) is 51.5 Å². The molecule has 9 nitrogen and oxygen atoms in total. The zero-order valence-electron chi connectivity index (χ0n) is 16.5. The van der Waals surface area contributed by atoms with Gasteiger partial charge < -0.3 is 10.2 Å². The lowest BCUT2D eigenvalue weighted by Gasteiger charge is -2.20. The first kappa shape index (κ1) is 21.1. The van der Waals surface area contributed by atoms with Crippen LogP contribution in [0.4, 0.5) is 5.95 Å². The van der Waals surface area contributed by atoms with E-state index >= 15 is 0 Å². The van der Waals surface area contributed by atoms with Gasteiger partial charge in [-0.1, -0.05) is 44.2 Å². The maximum absolute atomic E-state index is 12.3. The molecule has 0 saturated carbocycles. The Hall–Kier alpha value is -3.23. The minimum absolute atomic E-state index is 0.00740. The van der Waals surface area contributed by atoms with Crippen molar-refractivity contribution in [1.82, 2.24) is 25.0 Å². The number of anilines is 1. The fourth-order valence-corrected chi connectivity index (χ4v) is 2.53. The summed E-state index contributed by atoms with van der Waals surface area (Å²) >= 11 is 0. The van der Waals surface area contributed by atoms with E-state index in [1.165, 1.54) is 15.9 Å². The maximum atomic E-state index is 12.3. The summed E-state index contributed by atoms with van der Waals surface area (Å²) in [6.07, 6.45) is 2.02. The molecule has 2 aromatic rings. The van der Waals surface area contributed by atoms with Crippen LogP contribution in [0.2, 0.25) is 0 Å². The number of likely N-dealkylation sites (N-methyl/N-ethyl adjacent to an activating group) is 1. The van der Waals surface area contributed by atoms with Crippen molar-refractivity contribution >= 4 is 23.7 Å². The fourth-order valence-electron chi connectivity index (χ4n) is 2.53. The molecule has 2 N–H and O–H groups in total. The summed E-state index contributed by atoms with van der Waals surface area (Å²) in [4.78, 5) is 41.6. The molecule has 1 atom stereocenters. The second kappa shape index (κ2) is 9.63. The number of aromatic nitrogens is 3. The van der Waals surface area contributed by atoms with Gasteiger partial charge in [0.1, 0.15) is 12.9 Å². The van der Waals surface area contributed by atoms with Crippen LogP contribution in [0.5, 0.6) is 0 Å². The van der Waals surface area contributed by atoms with Gasteiger partial charge >= 0.3 is 11.8 Å². The van der Waals surface area contributed by atoms with Crippen molar-refractivity contribution in [2.24, 2.45) is 5.92 Å². The third kappa shape index (κ3) is 6.19. The van der Waals surface area contributed by atoms with E-state index < -0.39 is 11.8 Å². The van der Waals surface area contributed by atoms with E-state index in [4.69, 9.17) is 0 Å². The Balaban J connectivity index is 1.98. The molecule has 1 heterocycles. The average Bonchev–Trinajstić information content (AvgIpc) is 3.08. The molecule has 9 heteroatoms. The Morgan fingerprint density at radius 2 is 1.79 bits per heavy atom. The van der Waals surface area contributed by atoms with Gasteiger partial charge in [-0.15, -0.1) is 5.10 Å². The van der Waals surface area contributed by atoms with E-state index in [2.05, 4.69) is 20.7 Å². The highest BCUT2D eigenvalue weighted by Gasteiger charge is 2.22. The van der Waals surface area contributed by atoms with Crippen molar-refractivity contribution in [2.45, 2.75) is 32.9 Å². The van der Waals surface area contributed by atoms with E-state index in [0.29, 0.717) is 12.3 Å². The van der Waals surface area contributed by atoms with Gasteiger partial charge in [0.25, 0.3) is 0 Å². The number of benzene rings is 1. The zero-order valence-corrected chi connectivity index (χ0v) is 16.5. The number of nitrogens with one attached hydrogen (secondary N) is 2. The average molecular weight is 386 g/mol. The van der Waals surface area contributed by atoms with Crippen LogP contribution < -0.4 is 10.6 Å². The molecule has 0 spiro atoms. The SMILES string of the molecule is CC(C)C[C@@H](NC(=O)C(=O)Nc1ncn(CC(=O)N(C)C)n1)c1ccccc1. The molecule has 0 bridgehead atoms. The number of carbonyl (C=O) groups excluding carboxylic acids is 3. The quantitative estimate of drug-likeness (QED) is 0.695. The number of nitrogens with zero attached hydrogens (tertiary/aromatic N) is 4. The molecular weight excluding hydrogens is 360 g/mol. The minimum atomic E-state index is -0.860. The number of carbonyl (C=O) groups is 3. The molecule has 0 aliphatic heterocycles. The van der Waals surface area contributed by atoms with Crippen LogP contribution >= 0.6 is 0 Å². The van der Waals surface area contributed by atoms with Crippen molar-refractivity contribution in [2.75, 3.05) is 19.4 Å². The summed E-state index contributed by atoms with van der Waals surface area (Å²) in [5.41, 5.74) is 0.932. The Morgan fingerprint density at radius 1 is 1.11 bits per heavy atom. The van der Waals surface area contributed by atoms with Crippen LogP contribution in [0.25, 0.3) is 0 Å². The van der Waals surface area contributed by atoms with Crippen molar-refractivity contribution < 1.29 is 14.4 Å². The first-order valence-corrected chi connectivity index (χ1v) is 9.02. The first-order chi connectivity index (χ1) is 13.3. The Bertz CT molecular complexity index is 816. The van der Waals surface area contributed by atoms with Gasteiger partial charge in [-0.25, -0.2) is 9.67 Å². The summed E-state index contributed by atoms with van der Waals surface area (Å²) in [6, 6.07) is 9.23. The van der Waals surface area contributed by atoms with Gasteiger partial charge in [0.15, 0.2) is 0 Å². The second-order valence-electron chi connectivity index (χ2n) is 7.07. The maximum Gasteiger partial charge on any atom is 0.316 e. The Kier molecular flexibility index (Phi) is 7.25. The first-order valence-electron chi connectivity index (χ1n) is 9.02. The molecule has 28 heavy (non-hydrogen) atoms. The van der Waals surface area contributed by atoms with E-state index in [9.17, 15) is 14.4 Å². The molecule has 0 saturated heterocycles. The predicted molar refractivity (Wildman–Crippen MR) is 104 cm³/mol. The van der Waals surface area contributed by atoms with Crippen molar-refractivity contribution in [3.05, 3.63) is 42.2 Å². The Labute approximate surface area is 164 Å². The standard InChI is InChI=1S/C19H26N6O3/c1-13(2)10-15(14-8-6-5-7-9-14)21-17(27)18(28)22-19-20-12-25(23-19)11-16(26)24(3)4/h5-9,12-13,15H,10-11H2,1-4H3,(H,21,27)(H,22,23,28)/t15-/m1/s1. The summed E-state index contributed by atoms with van der Waals surface area (Å²) in [5.74, 6) is -1.50. The molecule has 2 rings (SSSR count). The third-order valence-electron chi connectivity index (χ3n) is 3.98. The predicted octanol–water partition coefficient (Wildman–Crippen LogP) is 1.21. The van der Waals surface area contributed by atoms with Crippen molar-refractivity contribution in [1.29, 1.82) is 0 Å². The molecular formula is C19H26N6O3. The lowest BCUT2D eigenvalue weighted by molar-refractivity contribution is -0.136. The zero-order chi connectivity index (χ0) is 20.7. The van der Waals surface area contributed by atoms with Crippen LogP contribution in [0.3, 0.4) is 0 Å². The molecule has 0 aliphatic carbocycles. The van der Waals surface area contributed by atoms with Crippen LogP contribution in [0.15, 0.2) is 36.7 Å². The number of hydrogen-bond donors (Lipinski definition) is 2. The fraction of sp³-hybridized carbons (Fsp3) is 0.421. The molecule has 3 amide bonds. The summed E-state index contributed by atoms with van der Waals surface area (Å²) in [5, 5.41) is 9.11. The lowest BCUT2D eigenvalue weighted by atomic mass is 9.97. The lowest BCUT2D eigenvalue weighted by Crippen LogP contribution is -2.38.